The summed E-state index contributed by atoms with van der Waals surface area (Å²) in [5.74, 6) is 0.456. The van der Waals surface area contributed by atoms with Crippen LogP contribution in [0.4, 0.5) is 8.78 Å². The predicted octanol–water partition coefficient (Wildman–Crippen LogP) is 5.74. The molecule has 0 aliphatic carbocycles. The second kappa shape index (κ2) is 9.32. The highest BCUT2D eigenvalue weighted by Crippen LogP contribution is 2.25. The van der Waals surface area contributed by atoms with Crippen molar-refractivity contribution in [2.75, 3.05) is 6.61 Å². The predicted molar refractivity (Wildman–Crippen MR) is 96.4 cm³/mol. The first-order valence-electron chi connectivity index (χ1n) is 7.69. The Labute approximate surface area is 153 Å². The summed E-state index contributed by atoms with van der Waals surface area (Å²) in [6, 6.07) is 11.1. The van der Waals surface area contributed by atoms with Crippen LogP contribution in [0, 0.1) is 0 Å². The Kier molecular flexibility index (Phi) is 7.13. The van der Waals surface area contributed by atoms with Crippen LogP contribution in [0.15, 0.2) is 53.0 Å². The Bertz CT molecular complexity index is 743. The van der Waals surface area contributed by atoms with Crippen LogP contribution in [0.5, 0.6) is 11.5 Å². The minimum absolute atomic E-state index is 0.0118. The van der Waals surface area contributed by atoms with Crippen molar-refractivity contribution < 1.29 is 23.0 Å². The fourth-order valence-electron chi connectivity index (χ4n) is 2.06. The van der Waals surface area contributed by atoms with Gasteiger partial charge in [-0.15, -0.1) is 0 Å². The smallest absolute Gasteiger partial charge is 0.387 e. The van der Waals surface area contributed by atoms with Gasteiger partial charge in [0.05, 0.1) is 6.61 Å². The minimum atomic E-state index is -2.89. The maximum absolute atomic E-state index is 12.2. The number of hydrogen-bond acceptors (Lipinski definition) is 3. The summed E-state index contributed by atoms with van der Waals surface area (Å²) in [6.07, 6.45) is 3.97. The van der Waals surface area contributed by atoms with Crippen molar-refractivity contribution in [3.05, 3.63) is 64.1 Å². The zero-order valence-electron chi connectivity index (χ0n) is 13.5. The molecule has 0 aromatic heterocycles. The maximum Gasteiger partial charge on any atom is 0.387 e. The number of rotatable bonds is 8. The van der Waals surface area contributed by atoms with Gasteiger partial charge in [0, 0.05) is 15.6 Å². The van der Waals surface area contributed by atoms with E-state index in [-0.39, 0.29) is 11.5 Å². The second-order valence-electron chi connectivity index (χ2n) is 5.13. The first-order chi connectivity index (χ1) is 12.0. The van der Waals surface area contributed by atoms with Crippen molar-refractivity contribution in [1.29, 1.82) is 0 Å². The van der Waals surface area contributed by atoms with E-state index in [1.807, 2.05) is 25.1 Å². The van der Waals surface area contributed by atoms with Gasteiger partial charge in [-0.1, -0.05) is 22.9 Å². The molecule has 0 aliphatic heterocycles. The molecule has 6 heteroatoms. The lowest BCUT2D eigenvalue weighted by molar-refractivity contribution is -0.0498. The van der Waals surface area contributed by atoms with Crippen LogP contribution in [0.2, 0.25) is 0 Å². The van der Waals surface area contributed by atoms with E-state index < -0.39 is 6.61 Å². The monoisotopic (exact) mass is 410 g/mol. The van der Waals surface area contributed by atoms with Gasteiger partial charge in [-0.25, -0.2) is 0 Å². The van der Waals surface area contributed by atoms with Crippen molar-refractivity contribution in [2.24, 2.45) is 0 Å². The number of carbonyl (C=O) groups excluding carboxylic acids is 1. The molecule has 2 rings (SSSR count). The Balaban J connectivity index is 2.13. The number of allylic oxidation sites excluding steroid dienone is 1. The van der Waals surface area contributed by atoms with E-state index in [9.17, 15) is 13.6 Å². The van der Waals surface area contributed by atoms with Gasteiger partial charge in [-0.2, -0.15) is 8.78 Å². The number of ether oxygens (including phenoxy) is 2. The number of benzene rings is 2. The highest BCUT2D eigenvalue weighted by Gasteiger charge is 2.07. The molecule has 0 saturated heterocycles. The Morgan fingerprint density at radius 2 is 1.92 bits per heavy atom. The Morgan fingerprint density at radius 1 is 1.20 bits per heavy atom. The lowest BCUT2D eigenvalue weighted by Gasteiger charge is -2.08. The topological polar surface area (TPSA) is 35.5 Å². The van der Waals surface area contributed by atoms with E-state index in [1.165, 1.54) is 30.3 Å². The fraction of sp³-hybridized carbons (Fsp3) is 0.211. The zero-order chi connectivity index (χ0) is 18.2. The van der Waals surface area contributed by atoms with E-state index in [4.69, 9.17) is 4.74 Å². The summed E-state index contributed by atoms with van der Waals surface area (Å²) >= 11 is 3.39. The van der Waals surface area contributed by atoms with Crippen molar-refractivity contribution in [2.45, 2.75) is 20.0 Å². The van der Waals surface area contributed by atoms with Crippen LogP contribution in [-0.4, -0.2) is 19.0 Å². The summed E-state index contributed by atoms with van der Waals surface area (Å²) in [5.41, 5.74) is 1.15. The first kappa shape index (κ1) is 19.1. The third kappa shape index (κ3) is 5.98. The first-order valence-corrected chi connectivity index (χ1v) is 8.48. The molecule has 2 aromatic carbocycles. The van der Waals surface area contributed by atoms with E-state index in [1.54, 1.807) is 6.08 Å². The van der Waals surface area contributed by atoms with Crippen LogP contribution >= 0.6 is 15.9 Å². The minimum Gasteiger partial charge on any atom is -0.493 e. The molecule has 2 aromatic rings. The van der Waals surface area contributed by atoms with Gasteiger partial charge < -0.3 is 9.47 Å². The van der Waals surface area contributed by atoms with Gasteiger partial charge in [-0.05, 0) is 61.0 Å². The molecular formula is C19H17BrF2O3. The molecule has 0 unspecified atom stereocenters. The molecule has 0 heterocycles. The number of hydrogen-bond donors (Lipinski definition) is 0. The van der Waals surface area contributed by atoms with E-state index >= 15 is 0 Å². The Hall–Kier alpha value is -2.21. The molecule has 0 aliphatic rings. The van der Waals surface area contributed by atoms with Crippen molar-refractivity contribution in [3.8, 4) is 11.5 Å². The summed E-state index contributed by atoms with van der Waals surface area (Å²) < 4.78 is 35.1. The molecule has 25 heavy (non-hydrogen) atoms. The molecule has 0 N–H and O–H groups in total. The number of carbonyl (C=O) groups is 1. The molecule has 0 atom stereocenters. The maximum atomic E-state index is 12.2. The molecule has 0 amide bonds. The van der Waals surface area contributed by atoms with Gasteiger partial charge >= 0.3 is 6.61 Å². The van der Waals surface area contributed by atoms with Crippen LogP contribution in [0.25, 0.3) is 6.08 Å². The van der Waals surface area contributed by atoms with Gasteiger partial charge in [-0.3, -0.25) is 4.79 Å². The zero-order valence-corrected chi connectivity index (χ0v) is 15.1. The Morgan fingerprint density at radius 3 is 2.56 bits per heavy atom. The standard InChI is InChI=1S/C19H17BrF2O3/c1-2-11-24-18-10-6-15(20)12-14(18)5-9-17(23)13-3-7-16(8-4-13)25-19(21)22/h3-10,12,19H,2,11H2,1H3/b9-5+. The number of alkyl halides is 2. The van der Waals surface area contributed by atoms with Crippen molar-refractivity contribution >= 4 is 27.8 Å². The molecule has 0 spiro atoms. The summed E-state index contributed by atoms with van der Waals surface area (Å²) in [7, 11) is 0. The lowest BCUT2D eigenvalue weighted by Crippen LogP contribution is -2.02. The third-order valence-corrected chi connectivity index (χ3v) is 3.71. The van der Waals surface area contributed by atoms with Crippen LogP contribution in [0.1, 0.15) is 29.3 Å². The largest absolute Gasteiger partial charge is 0.493 e. The fourth-order valence-corrected chi connectivity index (χ4v) is 2.43. The van der Waals surface area contributed by atoms with Crippen molar-refractivity contribution in [1.82, 2.24) is 0 Å². The molecular weight excluding hydrogens is 394 g/mol. The molecule has 0 fully saturated rings. The normalized spacial score (nSPS) is 11.1. The van der Waals surface area contributed by atoms with E-state index in [0.29, 0.717) is 17.9 Å². The molecule has 0 saturated carbocycles. The van der Waals surface area contributed by atoms with Crippen LogP contribution < -0.4 is 9.47 Å². The molecule has 0 radical (unpaired) electrons. The average molecular weight is 411 g/mol. The molecule has 0 bridgehead atoms. The van der Waals surface area contributed by atoms with Crippen LogP contribution in [-0.2, 0) is 0 Å². The quantitative estimate of drug-likeness (QED) is 0.411. The lowest BCUT2D eigenvalue weighted by atomic mass is 10.1. The summed E-state index contributed by atoms with van der Waals surface area (Å²) in [6.45, 7) is -0.291. The van der Waals surface area contributed by atoms with Crippen molar-refractivity contribution in [3.63, 3.8) is 0 Å². The summed E-state index contributed by atoms with van der Waals surface area (Å²) in [4.78, 5) is 12.2. The van der Waals surface area contributed by atoms with Gasteiger partial charge in [0.25, 0.3) is 0 Å². The van der Waals surface area contributed by atoms with Gasteiger partial charge in [0.1, 0.15) is 11.5 Å². The SMILES string of the molecule is CCCOc1ccc(Br)cc1/C=C/C(=O)c1ccc(OC(F)F)cc1. The van der Waals surface area contributed by atoms with Gasteiger partial charge in [0.15, 0.2) is 5.78 Å². The van der Waals surface area contributed by atoms with Crippen LogP contribution in [0.3, 0.4) is 0 Å². The number of ketones is 1. The third-order valence-electron chi connectivity index (χ3n) is 3.21. The number of halogens is 3. The summed E-state index contributed by atoms with van der Waals surface area (Å²) in [5, 5.41) is 0. The second-order valence-corrected chi connectivity index (χ2v) is 6.05. The average Bonchev–Trinajstić information content (AvgIpc) is 2.59. The molecule has 3 nitrogen and oxygen atoms in total. The highest BCUT2D eigenvalue weighted by atomic mass is 79.9. The highest BCUT2D eigenvalue weighted by molar-refractivity contribution is 9.10. The van der Waals surface area contributed by atoms with Gasteiger partial charge in [0.2, 0.25) is 0 Å². The van der Waals surface area contributed by atoms with E-state index in [2.05, 4.69) is 20.7 Å². The van der Waals surface area contributed by atoms with E-state index in [0.717, 1.165) is 16.5 Å². The molecule has 132 valence electrons.